The maximum atomic E-state index is 6.25. The van der Waals surface area contributed by atoms with Crippen LogP contribution in [0, 0.1) is 0 Å². The number of likely N-dealkylation sites (tertiary alicyclic amines) is 1. The third kappa shape index (κ3) is 1.91. The van der Waals surface area contributed by atoms with Crippen molar-refractivity contribution in [3.05, 3.63) is 29.3 Å². The van der Waals surface area contributed by atoms with Crippen LogP contribution < -0.4 is 10.6 Å². The second-order valence-electron chi connectivity index (χ2n) is 5.79. The van der Waals surface area contributed by atoms with E-state index in [1.807, 2.05) is 0 Å². The summed E-state index contributed by atoms with van der Waals surface area (Å²) in [4.78, 5) is 4.75. The molecule has 2 N–H and O–H groups in total. The molecule has 0 amide bonds. The number of hydrogen-bond donors (Lipinski definition) is 1. The number of fused-ring (bicyclic) bond motifs is 1. The van der Waals surface area contributed by atoms with Crippen molar-refractivity contribution in [3.8, 4) is 0 Å². The van der Waals surface area contributed by atoms with E-state index in [2.05, 4.69) is 42.1 Å². The van der Waals surface area contributed by atoms with E-state index in [9.17, 15) is 0 Å². The Morgan fingerprint density at radius 2 is 2.06 bits per heavy atom. The van der Waals surface area contributed by atoms with Crippen LogP contribution in [0.2, 0.25) is 0 Å². The van der Waals surface area contributed by atoms with Crippen LogP contribution in [0.1, 0.15) is 30.0 Å². The summed E-state index contributed by atoms with van der Waals surface area (Å²) in [5.41, 5.74) is 10.5. The van der Waals surface area contributed by atoms with Crippen LogP contribution in [0.5, 0.6) is 0 Å². The maximum absolute atomic E-state index is 6.25. The van der Waals surface area contributed by atoms with E-state index in [4.69, 9.17) is 5.73 Å². The highest BCUT2D eigenvalue weighted by Crippen LogP contribution is 2.34. The van der Waals surface area contributed by atoms with Gasteiger partial charge in [-0.15, -0.1) is 0 Å². The number of nitrogens with zero attached hydrogens (tertiary/aromatic N) is 2. The lowest BCUT2D eigenvalue weighted by Gasteiger charge is -2.30. The van der Waals surface area contributed by atoms with Crippen molar-refractivity contribution in [2.24, 2.45) is 5.73 Å². The number of nitrogens with two attached hydrogens (primary N) is 1. The van der Waals surface area contributed by atoms with Gasteiger partial charge in [-0.25, -0.2) is 0 Å². The van der Waals surface area contributed by atoms with Gasteiger partial charge in [-0.1, -0.05) is 12.1 Å². The minimum Gasteiger partial charge on any atom is -0.374 e. The molecule has 0 aromatic heterocycles. The van der Waals surface area contributed by atoms with E-state index in [-0.39, 0.29) is 6.04 Å². The summed E-state index contributed by atoms with van der Waals surface area (Å²) in [5.74, 6) is 0. The van der Waals surface area contributed by atoms with E-state index >= 15 is 0 Å². The van der Waals surface area contributed by atoms with Gasteiger partial charge in [-0.05, 0) is 43.5 Å². The zero-order valence-electron chi connectivity index (χ0n) is 11.4. The monoisotopic (exact) mass is 245 g/mol. The van der Waals surface area contributed by atoms with Crippen molar-refractivity contribution in [2.45, 2.75) is 31.3 Å². The Kier molecular flexibility index (Phi) is 3.04. The van der Waals surface area contributed by atoms with Crippen LogP contribution in [0.3, 0.4) is 0 Å². The molecule has 0 aliphatic carbocycles. The Labute approximate surface area is 110 Å². The van der Waals surface area contributed by atoms with Crippen LogP contribution >= 0.6 is 0 Å². The summed E-state index contributed by atoms with van der Waals surface area (Å²) in [6.07, 6.45) is 3.58. The molecular weight excluding hydrogens is 222 g/mol. The van der Waals surface area contributed by atoms with E-state index < -0.39 is 0 Å². The van der Waals surface area contributed by atoms with Crippen molar-refractivity contribution in [2.75, 3.05) is 32.1 Å². The summed E-state index contributed by atoms with van der Waals surface area (Å²) in [6, 6.07) is 7.63. The van der Waals surface area contributed by atoms with Crippen LogP contribution in [-0.2, 0) is 6.42 Å². The first-order valence-electron chi connectivity index (χ1n) is 6.96. The molecule has 1 aromatic carbocycles. The molecule has 2 aliphatic heterocycles. The van der Waals surface area contributed by atoms with Crippen LogP contribution in [0.4, 0.5) is 5.69 Å². The molecule has 0 saturated carbocycles. The second kappa shape index (κ2) is 4.56. The molecular formula is C15H23N3. The number of anilines is 1. The second-order valence-corrected chi connectivity index (χ2v) is 5.79. The molecule has 2 atom stereocenters. The fraction of sp³-hybridized carbons (Fsp3) is 0.600. The molecule has 3 rings (SSSR count). The van der Waals surface area contributed by atoms with E-state index in [0.717, 1.165) is 13.0 Å². The number of hydrogen-bond acceptors (Lipinski definition) is 3. The Morgan fingerprint density at radius 3 is 2.78 bits per heavy atom. The van der Waals surface area contributed by atoms with E-state index in [1.165, 1.54) is 36.2 Å². The lowest BCUT2D eigenvalue weighted by Crippen LogP contribution is -2.30. The quantitative estimate of drug-likeness (QED) is 0.818. The van der Waals surface area contributed by atoms with Gasteiger partial charge < -0.3 is 10.6 Å². The Balaban J connectivity index is 1.94. The van der Waals surface area contributed by atoms with E-state index in [0.29, 0.717) is 6.04 Å². The number of benzene rings is 1. The third-order valence-corrected chi connectivity index (χ3v) is 4.49. The molecule has 0 bridgehead atoms. The van der Waals surface area contributed by atoms with Gasteiger partial charge in [-0.2, -0.15) is 0 Å². The molecule has 2 heterocycles. The predicted octanol–water partition coefficient (Wildman–Crippen LogP) is 1.77. The largest absolute Gasteiger partial charge is 0.374 e. The fourth-order valence-electron chi connectivity index (χ4n) is 3.47. The van der Waals surface area contributed by atoms with Gasteiger partial charge in [0.15, 0.2) is 0 Å². The summed E-state index contributed by atoms with van der Waals surface area (Å²) < 4.78 is 0. The highest BCUT2D eigenvalue weighted by atomic mass is 15.2. The molecule has 1 saturated heterocycles. The van der Waals surface area contributed by atoms with Gasteiger partial charge >= 0.3 is 0 Å². The van der Waals surface area contributed by atoms with Gasteiger partial charge in [0.25, 0.3) is 0 Å². The zero-order chi connectivity index (χ0) is 12.7. The first kappa shape index (κ1) is 12.0. The SMILES string of the molecule is CN1CCCc2cc(C3C(N)CCN3C)ccc21. The smallest absolute Gasteiger partial charge is 0.0496 e. The average molecular weight is 245 g/mol. The first-order valence-corrected chi connectivity index (χ1v) is 6.96. The molecule has 1 fully saturated rings. The number of rotatable bonds is 1. The minimum atomic E-state index is 0.286. The van der Waals surface area contributed by atoms with Gasteiger partial charge in [0, 0.05) is 37.9 Å². The average Bonchev–Trinajstić information content (AvgIpc) is 2.69. The van der Waals surface area contributed by atoms with Crippen molar-refractivity contribution >= 4 is 5.69 Å². The molecule has 0 spiro atoms. The minimum absolute atomic E-state index is 0.286. The van der Waals surface area contributed by atoms with Crippen molar-refractivity contribution in [1.82, 2.24) is 4.90 Å². The Bertz CT molecular complexity index is 433. The van der Waals surface area contributed by atoms with Crippen molar-refractivity contribution in [1.29, 1.82) is 0 Å². The normalized spacial score (nSPS) is 28.5. The summed E-state index contributed by atoms with van der Waals surface area (Å²) in [6.45, 7) is 2.29. The number of likely N-dealkylation sites (N-methyl/N-ethyl adjacent to an activating group) is 1. The summed E-state index contributed by atoms with van der Waals surface area (Å²) >= 11 is 0. The summed E-state index contributed by atoms with van der Waals surface area (Å²) in [5, 5.41) is 0. The zero-order valence-corrected chi connectivity index (χ0v) is 11.4. The summed E-state index contributed by atoms with van der Waals surface area (Å²) in [7, 11) is 4.37. The van der Waals surface area contributed by atoms with Crippen molar-refractivity contribution in [3.63, 3.8) is 0 Å². The van der Waals surface area contributed by atoms with Crippen LogP contribution in [0.25, 0.3) is 0 Å². The first-order chi connectivity index (χ1) is 8.66. The van der Waals surface area contributed by atoms with E-state index in [1.54, 1.807) is 0 Å². The number of aryl methyl sites for hydroxylation is 1. The molecule has 0 radical (unpaired) electrons. The Morgan fingerprint density at radius 1 is 1.22 bits per heavy atom. The molecule has 18 heavy (non-hydrogen) atoms. The van der Waals surface area contributed by atoms with Gasteiger partial charge in [0.05, 0.1) is 0 Å². The Hall–Kier alpha value is -1.06. The van der Waals surface area contributed by atoms with Gasteiger partial charge in [-0.3, -0.25) is 4.90 Å². The lowest BCUT2D eigenvalue weighted by molar-refractivity contribution is 0.304. The molecule has 1 aromatic rings. The molecule has 3 heteroatoms. The highest BCUT2D eigenvalue weighted by molar-refractivity contribution is 5.56. The highest BCUT2D eigenvalue weighted by Gasteiger charge is 2.30. The van der Waals surface area contributed by atoms with Crippen LogP contribution in [0.15, 0.2) is 18.2 Å². The standard InChI is InChI=1S/C15H23N3/c1-17-8-3-4-11-10-12(5-6-14(11)17)15-13(16)7-9-18(15)2/h5-6,10,13,15H,3-4,7-9,16H2,1-2H3. The van der Waals surface area contributed by atoms with Gasteiger partial charge in [0.1, 0.15) is 0 Å². The lowest BCUT2D eigenvalue weighted by atomic mass is 9.94. The third-order valence-electron chi connectivity index (χ3n) is 4.49. The molecule has 2 aliphatic rings. The predicted molar refractivity (Wildman–Crippen MR) is 76.0 cm³/mol. The topological polar surface area (TPSA) is 32.5 Å². The van der Waals surface area contributed by atoms with Crippen molar-refractivity contribution < 1.29 is 0 Å². The maximum Gasteiger partial charge on any atom is 0.0496 e. The molecule has 2 unspecified atom stereocenters. The van der Waals surface area contributed by atoms with Gasteiger partial charge in [0.2, 0.25) is 0 Å². The molecule has 98 valence electrons. The van der Waals surface area contributed by atoms with Crippen LogP contribution in [-0.4, -0.2) is 38.1 Å². The molecule has 3 nitrogen and oxygen atoms in total. The fourth-order valence-corrected chi connectivity index (χ4v) is 3.47.